The fourth-order valence-electron chi connectivity index (χ4n) is 11.0. The third-order valence-electron chi connectivity index (χ3n) is 15.2. The van der Waals surface area contributed by atoms with E-state index in [-0.39, 0.29) is 0 Å². The Hall–Kier alpha value is -3.77. The van der Waals surface area contributed by atoms with E-state index >= 15 is 0 Å². The Kier molecular flexibility index (Phi) is 20.7. The van der Waals surface area contributed by atoms with E-state index in [4.69, 9.17) is 18.4 Å². The SMILES string of the molecule is CCCCCCc1cc(-c2ccc(C)c3nsnc23)sc1-c1cc(CCCCCC)c(-c2sc(-c3ccc(-c4cc(CCCCCC)c(-c5sc(C)cc5CCCCCC)s4)c4conc34)cc2CCCCCC)s1. The van der Waals surface area contributed by atoms with Crippen LogP contribution in [-0.4, -0.2) is 13.9 Å². The Morgan fingerprint density at radius 2 is 0.760 bits per heavy atom. The Labute approximate surface area is 473 Å². The molecule has 9 rings (SSSR count). The van der Waals surface area contributed by atoms with Crippen LogP contribution in [0.2, 0.25) is 0 Å². The summed E-state index contributed by atoms with van der Waals surface area (Å²) in [6, 6.07) is 21.9. The first-order valence-corrected chi connectivity index (χ1v) is 33.9. The number of thiophene rings is 5. The molecule has 2 aromatic carbocycles. The van der Waals surface area contributed by atoms with Crippen molar-refractivity contribution < 1.29 is 4.52 Å². The lowest BCUT2D eigenvalue weighted by molar-refractivity contribution is 0.428. The van der Waals surface area contributed by atoms with Crippen molar-refractivity contribution in [2.45, 2.75) is 209 Å². The number of benzene rings is 2. The van der Waals surface area contributed by atoms with Gasteiger partial charge < -0.3 is 4.52 Å². The van der Waals surface area contributed by atoms with Crippen LogP contribution in [0.1, 0.15) is 201 Å². The minimum absolute atomic E-state index is 0.979. The maximum Gasteiger partial charge on any atom is 0.132 e. The predicted molar refractivity (Wildman–Crippen MR) is 336 cm³/mol. The van der Waals surface area contributed by atoms with Gasteiger partial charge in [-0.15, -0.1) is 56.7 Å². The zero-order valence-electron chi connectivity index (χ0n) is 46.2. The molecule has 0 amide bonds. The third-order valence-corrected chi connectivity index (χ3v) is 22.2. The van der Waals surface area contributed by atoms with E-state index in [1.54, 1.807) is 5.56 Å². The second-order valence-corrected chi connectivity index (χ2v) is 27.2. The first-order valence-electron chi connectivity index (χ1n) is 29.0. The normalized spacial score (nSPS) is 11.9. The van der Waals surface area contributed by atoms with Crippen molar-refractivity contribution in [3.63, 3.8) is 0 Å². The standard InChI is InChI=1S/C65H81N3OS6/c1-8-13-18-23-28-45-37-44(7)70-62(45)63-47(30-25-20-15-10-3)39-54(72-63)50-35-36-51(59-53(50)42-69-66-59)55-40-48(31-26-21-16-11-4)64(73-55)65-49(32-27-22-17-12-5)41-57(74-65)61-46(29-24-19-14-9-2)38-56(71-61)52-34-33-43(6)58-60(52)68-75-67-58/h33-42H,8-32H2,1-7H3. The van der Waals surface area contributed by atoms with Gasteiger partial charge in [0.25, 0.3) is 0 Å². The highest BCUT2D eigenvalue weighted by molar-refractivity contribution is 7.28. The molecular formula is C65H81N3OS6. The molecule has 9 aromatic rings. The van der Waals surface area contributed by atoms with E-state index in [2.05, 4.69) is 114 Å². The van der Waals surface area contributed by atoms with Crippen molar-refractivity contribution in [1.82, 2.24) is 13.9 Å². The van der Waals surface area contributed by atoms with Crippen LogP contribution in [0.15, 0.2) is 65.4 Å². The molecule has 398 valence electrons. The van der Waals surface area contributed by atoms with Crippen LogP contribution in [0.25, 0.3) is 82.5 Å². The molecular weight excluding hydrogens is 1030 g/mol. The van der Waals surface area contributed by atoms with Gasteiger partial charge in [-0.1, -0.05) is 160 Å². The minimum Gasteiger partial charge on any atom is -0.363 e. The number of aryl methyl sites for hydroxylation is 7. The lowest BCUT2D eigenvalue weighted by Gasteiger charge is -2.06. The highest BCUT2D eigenvalue weighted by Crippen LogP contribution is 2.52. The van der Waals surface area contributed by atoms with Gasteiger partial charge in [-0.3, -0.25) is 0 Å². The summed E-state index contributed by atoms with van der Waals surface area (Å²) in [4.78, 5) is 14.2. The van der Waals surface area contributed by atoms with E-state index in [9.17, 15) is 0 Å². The van der Waals surface area contributed by atoms with Gasteiger partial charge in [-0.05, 0) is 142 Å². The molecule has 75 heavy (non-hydrogen) atoms. The summed E-state index contributed by atoms with van der Waals surface area (Å²) in [5, 5.41) is 5.97. The van der Waals surface area contributed by atoms with E-state index in [1.165, 1.54) is 240 Å². The van der Waals surface area contributed by atoms with E-state index < -0.39 is 0 Å². The Bertz CT molecular complexity index is 3220. The molecule has 0 aliphatic carbocycles. The molecule has 0 aliphatic heterocycles. The van der Waals surface area contributed by atoms with E-state index in [0.29, 0.717) is 0 Å². The van der Waals surface area contributed by atoms with Crippen molar-refractivity contribution in [2.75, 3.05) is 0 Å². The molecule has 4 nitrogen and oxygen atoms in total. The van der Waals surface area contributed by atoms with Crippen molar-refractivity contribution in [2.24, 2.45) is 0 Å². The number of nitrogens with zero attached hydrogens (tertiary/aromatic N) is 3. The number of aromatic nitrogens is 3. The van der Waals surface area contributed by atoms with Crippen LogP contribution in [0.4, 0.5) is 0 Å². The Morgan fingerprint density at radius 1 is 0.373 bits per heavy atom. The lowest BCUT2D eigenvalue weighted by Crippen LogP contribution is -1.89. The molecule has 7 heterocycles. The monoisotopic (exact) mass is 1110 g/mol. The summed E-state index contributed by atoms with van der Waals surface area (Å²) in [5.41, 5.74) is 15.5. The zero-order valence-corrected chi connectivity index (χ0v) is 51.0. The fraction of sp³-hybridized carbons (Fsp3) is 0.492. The molecule has 0 spiro atoms. The largest absolute Gasteiger partial charge is 0.363 e. The van der Waals surface area contributed by atoms with Crippen LogP contribution in [0, 0.1) is 13.8 Å². The smallest absolute Gasteiger partial charge is 0.132 e. The average molecular weight is 1110 g/mol. The van der Waals surface area contributed by atoms with Crippen molar-refractivity contribution in [3.05, 3.63) is 99.1 Å². The number of unbranched alkanes of at least 4 members (excludes halogenated alkanes) is 15. The summed E-state index contributed by atoms with van der Waals surface area (Å²) in [7, 11) is 0. The highest BCUT2D eigenvalue weighted by Gasteiger charge is 2.26. The highest BCUT2D eigenvalue weighted by atomic mass is 32.1. The summed E-state index contributed by atoms with van der Waals surface area (Å²) >= 11 is 11.4. The second kappa shape index (κ2) is 27.7. The maximum absolute atomic E-state index is 6.01. The van der Waals surface area contributed by atoms with Crippen LogP contribution in [0.5, 0.6) is 0 Å². The molecule has 10 heteroatoms. The van der Waals surface area contributed by atoms with Crippen LogP contribution in [0.3, 0.4) is 0 Å². The maximum atomic E-state index is 6.01. The number of fused-ring (bicyclic) bond motifs is 2. The topological polar surface area (TPSA) is 51.8 Å². The average Bonchev–Trinajstić information content (AvgIpc) is 4.30. The number of hydrogen-bond donors (Lipinski definition) is 0. The van der Waals surface area contributed by atoms with Crippen LogP contribution in [-0.2, 0) is 32.1 Å². The molecule has 0 unspecified atom stereocenters. The molecule has 0 saturated carbocycles. The first kappa shape index (κ1) is 56.0. The molecule has 0 saturated heterocycles. The quantitative estimate of drug-likeness (QED) is 0.0406. The van der Waals surface area contributed by atoms with Crippen molar-refractivity contribution in [1.29, 1.82) is 0 Å². The molecule has 7 aromatic heterocycles. The molecule has 0 fully saturated rings. The first-order chi connectivity index (χ1) is 36.8. The minimum atomic E-state index is 0.979. The summed E-state index contributed by atoms with van der Waals surface area (Å²) in [5.74, 6) is 0. The van der Waals surface area contributed by atoms with Crippen LogP contribution >= 0.6 is 68.4 Å². The lowest BCUT2D eigenvalue weighted by atomic mass is 9.99. The van der Waals surface area contributed by atoms with Gasteiger partial charge in [0.2, 0.25) is 0 Å². The van der Waals surface area contributed by atoms with E-state index in [0.717, 1.165) is 47.6 Å². The predicted octanol–water partition coefficient (Wildman–Crippen LogP) is 23.4. The molecule has 0 radical (unpaired) electrons. The van der Waals surface area contributed by atoms with Gasteiger partial charge >= 0.3 is 0 Å². The van der Waals surface area contributed by atoms with Crippen molar-refractivity contribution in [3.8, 4) is 60.6 Å². The van der Waals surface area contributed by atoms with Gasteiger partial charge in [-0.25, -0.2) is 0 Å². The van der Waals surface area contributed by atoms with Gasteiger partial charge in [0, 0.05) is 65.5 Å². The van der Waals surface area contributed by atoms with Crippen LogP contribution < -0.4 is 0 Å². The number of hydrogen-bond acceptors (Lipinski definition) is 10. The molecule has 0 aliphatic rings. The summed E-state index contributed by atoms with van der Waals surface area (Å²) in [6.07, 6.45) is 32.8. The molecule has 0 bridgehead atoms. The zero-order chi connectivity index (χ0) is 52.1. The van der Waals surface area contributed by atoms with Gasteiger partial charge in [0.05, 0.1) is 17.1 Å². The second-order valence-electron chi connectivity index (χ2n) is 21.3. The number of rotatable bonds is 31. The van der Waals surface area contributed by atoms with Gasteiger partial charge in [-0.2, -0.15) is 8.75 Å². The molecule has 0 N–H and O–H groups in total. The fourth-order valence-corrected chi connectivity index (χ4v) is 18.1. The summed E-state index contributed by atoms with van der Waals surface area (Å²) < 4.78 is 15.6. The molecule has 0 atom stereocenters. The van der Waals surface area contributed by atoms with Crippen molar-refractivity contribution >= 4 is 90.3 Å². The Morgan fingerprint density at radius 3 is 1.28 bits per heavy atom. The third kappa shape index (κ3) is 13.4. The van der Waals surface area contributed by atoms with Gasteiger partial charge in [0.1, 0.15) is 22.8 Å². The van der Waals surface area contributed by atoms with E-state index in [1.807, 2.05) is 51.6 Å². The summed E-state index contributed by atoms with van der Waals surface area (Å²) in [6.45, 7) is 16.0. The Balaban J connectivity index is 1.12. The van der Waals surface area contributed by atoms with Gasteiger partial charge in [0.15, 0.2) is 0 Å².